The lowest BCUT2D eigenvalue weighted by atomic mass is 10.1. The van der Waals surface area contributed by atoms with Crippen LogP contribution in [0, 0.1) is 5.82 Å². The Hall–Kier alpha value is -3.57. The number of pyridine rings is 1. The summed E-state index contributed by atoms with van der Waals surface area (Å²) >= 11 is 0. The fourth-order valence-electron chi connectivity index (χ4n) is 2.31. The number of hydrogen-bond donors (Lipinski definition) is 2. The number of rotatable bonds is 5. The van der Waals surface area contributed by atoms with Crippen LogP contribution in [0.3, 0.4) is 0 Å². The summed E-state index contributed by atoms with van der Waals surface area (Å²) in [7, 11) is 1.71. The number of halogens is 4. The second-order valence-electron chi connectivity index (χ2n) is 5.65. The third kappa shape index (κ3) is 4.78. The number of aromatic nitrogens is 5. The van der Waals surface area contributed by atoms with Crippen LogP contribution in [0.25, 0.3) is 11.3 Å². The molecule has 3 aromatic rings. The van der Waals surface area contributed by atoms with E-state index in [-0.39, 0.29) is 23.0 Å². The molecule has 2 N–H and O–H groups in total. The SMILES string of the molecule is Cn1cc(Nc2nccc(-c3c(F)ccnc3NC(=O)CC(F)(F)F)n2)cn1. The first kappa shape index (κ1) is 19.2. The Kier molecular flexibility index (Phi) is 5.20. The predicted octanol–water partition coefficient (Wildman–Crippen LogP) is 3.05. The topological polar surface area (TPSA) is 97.6 Å². The van der Waals surface area contributed by atoms with Crippen molar-refractivity contribution in [2.24, 2.45) is 7.05 Å². The van der Waals surface area contributed by atoms with Crippen LogP contribution in [0.5, 0.6) is 0 Å². The normalized spacial score (nSPS) is 11.3. The van der Waals surface area contributed by atoms with Gasteiger partial charge in [-0.2, -0.15) is 18.3 Å². The van der Waals surface area contributed by atoms with Crippen LogP contribution in [0.2, 0.25) is 0 Å². The number of hydrogen-bond acceptors (Lipinski definition) is 6. The van der Waals surface area contributed by atoms with Gasteiger partial charge < -0.3 is 10.6 Å². The third-order valence-corrected chi connectivity index (χ3v) is 3.39. The van der Waals surface area contributed by atoms with Crippen LogP contribution in [0.4, 0.5) is 35.0 Å². The van der Waals surface area contributed by atoms with Crippen molar-refractivity contribution in [3.05, 3.63) is 42.7 Å². The maximum absolute atomic E-state index is 14.4. The average molecular weight is 395 g/mol. The number of aryl methyl sites for hydroxylation is 1. The predicted molar refractivity (Wildman–Crippen MR) is 91.0 cm³/mol. The molecule has 146 valence electrons. The number of nitrogens with zero attached hydrogens (tertiary/aromatic N) is 5. The minimum Gasteiger partial charge on any atom is -0.321 e. The second kappa shape index (κ2) is 7.58. The maximum Gasteiger partial charge on any atom is 0.397 e. The van der Waals surface area contributed by atoms with Crippen LogP contribution in [-0.4, -0.2) is 36.8 Å². The molecule has 28 heavy (non-hydrogen) atoms. The molecular formula is C16H13F4N7O. The Morgan fingerprint density at radius 2 is 1.96 bits per heavy atom. The Morgan fingerprint density at radius 3 is 2.64 bits per heavy atom. The molecular weight excluding hydrogens is 382 g/mol. The minimum absolute atomic E-state index is 0.0225. The number of alkyl halides is 3. The minimum atomic E-state index is -4.70. The van der Waals surface area contributed by atoms with E-state index in [1.165, 1.54) is 18.5 Å². The highest BCUT2D eigenvalue weighted by Crippen LogP contribution is 2.29. The molecule has 3 heterocycles. The molecule has 12 heteroatoms. The van der Waals surface area contributed by atoms with Crippen molar-refractivity contribution in [2.75, 3.05) is 10.6 Å². The van der Waals surface area contributed by atoms with Gasteiger partial charge in [0.1, 0.15) is 18.1 Å². The zero-order chi connectivity index (χ0) is 20.3. The third-order valence-electron chi connectivity index (χ3n) is 3.39. The molecule has 0 saturated heterocycles. The van der Waals surface area contributed by atoms with E-state index in [0.29, 0.717) is 5.69 Å². The molecule has 0 aromatic carbocycles. The maximum atomic E-state index is 14.4. The molecule has 0 fully saturated rings. The van der Waals surface area contributed by atoms with Crippen molar-refractivity contribution in [2.45, 2.75) is 12.6 Å². The first-order valence-corrected chi connectivity index (χ1v) is 7.81. The van der Waals surface area contributed by atoms with E-state index in [4.69, 9.17) is 0 Å². The zero-order valence-corrected chi connectivity index (χ0v) is 14.3. The molecule has 3 aromatic heterocycles. The summed E-state index contributed by atoms with van der Waals surface area (Å²) in [6, 6.07) is 2.35. The highest BCUT2D eigenvalue weighted by Gasteiger charge is 2.31. The summed E-state index contributed by atoms with van der Waals surface area (Å²) in [6.45, 7) is 0. The Balaban J connectivity index is 1.90. The lowest BCUT2D eigenvalue weighted by Crippen LogP contribution is -2.22. The standard InChI is InChI=1S/C16H13F4N7O/c1-27-8-9(7-23-27)24-15-22-5-3-11(25-15)13-10(17)2-4-21-14(13)26-12(28)6-16(18,19)20/h2-5,7-8H,6H2,1H3,(H,21,26,28)(H,22,24,25). The van der Waals surface area contributed by atoms with Crippen LogP contribution in [-0.2, 0) is 11.8 Å². The van der Waals surface area contributed by atoms with Gasteiger partial charge in [0, 0.05) is 25.6 Å². The van der Waals surface area contributed by atoms with Crippen molar-refractivity contribution in [1.29, 1.82) is 0 Å². The zero-order valence-electron chi connectivity index (χ0n) is 14.3. The van der Waals surface area contributed by atoms with Crippen LogP contribution < -0.4 is 10.6 Å². The molecule has 3 rings (SSSR count). The number of carbonyl (C=O) groups excluding carboxylic acids is 1. The van der Waals surface area contributed by atoms with Gasteiger partial charge in [0.15, 0.2) is 0 Å². The van der Waals surface area contributed by atoms with E-state index >= 15 is 0 Å². The van der Waals surface area contributed by atoms with Crippen LogP contribution in [0.1, 0.15) is 6.42 Å². The molecule has 0 spiro atoms. The van der Waals surface area contributed by atoms with Gasteiger partial charge in [-0.25, -0.2) is 19.3 Å². The van der Waals surface area contributed by atoms with Crippen LogP contribution >= 0.6 is 0 Å². The van der Waals surface area contributed by atoms with Crippen molar-refractivity contribution < 1.29 is 22.4 Å². The monoisotopic (exact) mass is 395 g/mol. The Labute approximate surface area is 155 Å². The van der Waals surface area contributed by atoms with E-state index in [2.05, 4.69) is 25.4 Å². The Bertz CT molecular complexity index is 1000. The molecule has 0 aliphatic rings. The molecule has 8 nitrogen and oxygen atoms in total. The van der Waals surface area contributed by atoms with Gasteiger partial charge in [-0.3, -0.25) is 9.48 Å². The van der Waals surface area contributed by atoms with Gasteiger partial charge in [0.2, 0.25) is 11.9 Å². The van der Waals surface area contributed by atoms with Crippen LogP contribution in [0.15, 0.2) is 36.9 Å². The summed E-state index contributed by atoms with van der Waals surface area (Å²) in [6.07, 6.45) is -0.894. The van der Waals surface area contributed by atoms with Gasteiger partial charge in [-0.1, -0.05) is 0 Å². The summed E-state index contributed by atoms with van der Waals surface area (Å²) < 4.78 is 53.1. The number of anilines is 3. The van der Waals surface area contributed by atoms with E-state index in [1.807, 2.05) is 5.32 Å². The van der Waals surface area contributed by atoms with E-state index in [9.17, 15) is 22.4 Å². The summed E-state index contributed by atoms with van der Waals surface area (Å²) in [5.74, 6) is -2.46. The average Bonchev–Trinajstić information content (AvgIpc) is 2.98. The summed E-state index contributed by atoms with van der Waals surface area (Å²) in [5.41, 5.74) is 0.342. The number of carbonyl (C=O) groups is 1. The van der Waals surface area contributed by atoms with Crippen molar-refractivity contribution >= 4 is 23.4 Å². The second-order valence-corrected chi connectivity index (χ2v) is 5.65. The van der Waals surface area contributed by atoms with Gasteiger partial charge in [0.05, 0.1) is 23.1 Å². The quantitative estimate of drug-likeness (QED) is 0.645. The summed E-state index contributed by atoms with van der Waals surface area (Å²) in [5, 5.41) is 8.81. The molecule has 1 amide bonds. The lowest BCUT2D eigenvalue weighted by Gasteiger charge is -2.12. The van der Waals surface area contributed by atoms with Gasteiger partial charge in [-0.05, 0) is 12.1 Å². The summed E-state index contributed by atoms with van der Waals surface area (Å²) in [4.78, 5) is 23.5. The van der Waals surface area contributed by atoms with Crippen molar-refractivity contribution in [3.63, 3.8) is 0 Å². The van der Waals surface area contributed by atoms with Gasteiger partial charge in [0.25, 0.3) is 0 Å². The smallest absolute Gasteiger partial charge is 0.321 e. The largest absolute Gasteiger partial charge is 0.397 e. The number of amides is 1. The molecule has 0 aliphatic carbocycles. The molecule has 0 saturated carbocycles. The molecule has 0 bridgehead atoms. The van der Waals surface area contributed by atoms with E-state index in [0.717, 1.165) is 12.3 Å². The van der Waals surface area contributed by atoms with Crippen molar-refractivity contribution in [1.82, 2.24) is 24.7 Å². The van der Waals surface area contributed by atoms with E-state index < -0.39 is 24.3 Å². The molecule has 0 atom stereocenters. The highest BCUT2D eigenvalue weighted by atomic mass is 19.4. The van der Waals surface area contributed by atoms with Crippen molar-refractivity contribution in [3.8, 4) is 11.3 Å². The van der Waals surface area contributed by atoms with Gasteiger partial charge in [-0.15, -0.1) is 0 Å². The first-order valence-electron chi connectivity index (χ1n) is 7.81. The van der Waals surface area contributed by atoms with E-state index in [1.54, 1.807) is 17.9 Å². The molecule has 0 unspecified atom stereocenters. The molecule has 0 aliphatic heterocycles. The lowest BCUT2D eigenvalue weighted by molar-refractivity contribution is -0.150. The van der Waals surface area contributed by atoms with Gasteiger partial charge >= 0.3 is 6.18 Å². The highest BCUT2D eigenvalue weighted by molar-refractivity contribution is 5.94. The number of nitrogens with one attached hydrogen (secondary N) is 2. The Morgan fingerprint density at radius 1 is 1.21 bits per heavy atom. The first-order chi connectivity index (χ1) is 13.2. The fraction of sp³-hybridized carbons (Fsp3) is 0.188. The molecule has 0 radical (unpaired) electrons. The fourth-order valence-corrected chi connectivity index (χ4v) is 2.31.